The normalized spacial score (nSPS) is 21.2. The molecule has 0 spiro atoms. The van der Waals surface area contributed by atoms with Gasteiger partial charge in [0.2, 0.25) is 15.9 Å². The molecule has 1 atom stereocenters. The van der Waals surface area contributed by atoms with Crippen molar-refractivity contribution in [1.29, 1.82) is 0 Å². The van der Waals surface area contributed by atoms with Crippen LogP contribution in [0.15, 0.2) is 59.6 Å². The van der Waals surface area contributed by atoms with Crippen LogP contribution in [0.1, 0.15) is 49.8 Å². The van der Waals surface area contributed by atoms with Crippen molar-refractivity contribution in [2.45, 2.75) is 68.5 Å². The first kappa shape index (κ1) is 32.4. The number of likely N-dealkylation sites (tertiary alicyclic amines) is 1. The third-order valence-electron chi connectivity index (χ3n) is 9.22. The molecule has 3 fully saturated rings. The number of benzene rings is 2. The number of rotatable bonds is 9. The van der Waals surface area contributed by atoms with E-state index in [-0.39, 0.29) is 23.4 Å². The second-order valence-corrected chi connectivity index (χ2v) is 15.9. The lowest BCUT2D eigenvalue weighted by molar-refractivity contribution is -0.138. The van der Waals surface area contributed by atoms with Crippen LogP contribution in [-0.4, -0.2) is 84.8 Å². The van der Waals surface area contributed by atoms with Crippen LogP contribution in [0.25, 0.3) is 10.6 Å². The van der Waals surface area contributed by atoms with Gasteiger partial charge in [-0.15, -0.1) is 11.3 Å². The van der Waals surface area contributed by atoms with Gasteiger partial charge in [-0.3, -0.25) is 9.69 Å². The van der Waals surface area contributed by atoms with Gasteiger partial charge in [-0.25, -0.2) is 13.4 Å². The monoisotopic (exact) mass is 671 g/mol. The molecule has 3 aromatic rings. The molecule has 1 unspecified atom stereocenters. The molecule has 242 valence electrons. The highest BCUT2D eigenvalue weighted by Gasteiger charge is 2.42. The molecule has 2 saturated heterocycles. The van der Waals surface area contributed by atoms with Gasteiger partial charge < -0.3 is 15.4 Å². The van der Waals surface area contributed by atoms with Crippen LogP contribution >= 0.6 is 22.9 Å². The first-order valence-corrected chi connectivity index (χ1v) is 18.6. The SMILES string of the molecule is NC1CCN(C(=O)C2CN(Cc3cnc(-c4ccc(Cl)cc4)s3)CCN2S(=O)(=O)c2ccc(OCC3CCCCC3)cc2)CC1. The van der Waals surface area contributed by atoms with Crippen molar-refractivity contribution < 1.29 is 17.9 Å². The highest BCUT2D eigenvalue weighted by atomic mass is 35.5. The number of aromatic nitrogens is 1. The van der Waals surface area contributed by atoms with Gasteiger partial charge >= 0.3 is 0 Å². The van der Waals surface area contributed by atoms with E-state index < -0.39 is 16.1 Å². The summed E-state index contributed by atoms with van der Waals surface area (Å²) in [7, 11) is -3.93. The smallest absolute Gasteiger partial charge is 0.243 e. The second kappa shape index (κ2) is 14.5. The number of halogens is 1. The van der Waals surface area contributed by atoms with E-state index in [1.165, 1.54) is 36.4 Å². The average molecular weight is 672 g/mol. The summed E-state index contributed by atoms with van der Waals surface area (Å²) < 4.78 is 35.5. The fourth-order valence-electron chi connectivity index (χ4n) is 6.52. The van der Waals surface area contributed by atoms with Crippen LogP contribution in [0.3, 0.4) is 0 Å². The summed E-state index contributed by atoms with van der Waals surface area (Å²) in [4.78, 5) is 23.7. The Morgan fingerprint density at radius 1 is 0.956 bits per heavy atom. The number of carbonyl (C=O) groups is 1. The number of amides is 1. The van der Waals surface area contributed by atoms with Crippen molar-refractivity contribution in [3.8, 4) is 16.3 Å². The van der Waals surface area contributed by atoms with E-state index in [0.717, 1.165) is 15.4 Å². The zero-order chi connectivity index (χ0) is 31.4. The number of nitrogens with two attached hydrogens (primary N) is 1. The largest absolute Gasteiger partial charge is 0.493 e. The Bertz CT molecular complexity index is 1540. The highest BCUT2D eigenvalue weighted by molar-refractivity contribution is 7.89. The van der Waals surface area contributed by atoms with Crippen LogP contribution in [0, 0.1) is 5.92 Å². The van der Waals surface area contributed by atoms with Gasteiger partial charge in [0.1, 0.15) is 16.8 Å². The molecule has 0 bridgehead atoms. The van der Waals surface area contributed by atoms with Crippen molar-refractivity contribution in [2.24, 2.45) is 11.7 Å². The Kier molecular flexibility index (Phi) is 10.4. The molecule has 1 saturated carbocycles. The first-order chi connectivity index (χ1) is 21.8. The fourth-order valence-corrected chi connectivity index (χ4v) is 9.17. The van der Waals surface area contributed by atoms with Crippen LogP contribution in [0.4, 0.5) is 0 Å². The van der Waals surface area contributed by atoms with Gasteiger partial charge in [0.25, 0.3) is 0 Å². The molecule has 45 heavy (non-hydrogen) atoms. The third-order valence-corrected chi connectivity index (χ3v) is 12.4. The van der Waals surface area contributed by atoms with Gasteiger partial charge in [0.15, 0.2) is 0 Å². The van der Waals surface area contributed by atoms with E-state index in [4.69, 9.17) is 22.1 Å². The standard InChI is InChI=1S/C33H42ClN5O4S2/c34-26-8-6-25(7-9-26)32-36-20-29(44-32)21-37-18-19-39(31(22-37)33(40)38-16-14-27(35)15-17-38)45(41,42)30-12-10-28(11-13-30)43-23-24-4-2-1-3-5-24/h6-13,20,24,27,31H,1-5,14-19,21-23,35H2. The summed E-state index contributed by atoms with van der Waals surface area (Å²) in [5, 5.41) is 1.57. The zero-order valence-corrected chi connectivity index (χ0v) is 27.9. The number of piperidine rings is 1. The van der Waals surface area contributed by atoms with Crippen molar-refractivity contribution in [1.82, 2.24) is 19.1 Å². The second-order valence-electron chi connectivity index (χ2n) is 12.5. The minimum absolute atomic E-state index is 0.0664. The van der Waals surface area contributed by atoms with Crippen molar-refractivity contribution in [2.75, 3.05) is 39.3 Å². The number of piperazine rings is 1. The number of sulfonamides is 1. The minimum atomic E-state index is -3.93. The Morgan fingerprint density at radius 3 is 2.38 bits per heavy atom. The zero-order valence-electron chi connectivity index (χ0n) is 25.5. The lowest BCUT2D eigenvalue weighted by atomic mass is 9.90. The maximum Gasteiger partial charge on any atom is 0.243 e. The average Bonchev–Trinajstić information content (AvgIpc) is 3.53. The number of nitrogens with zero attached hydrogens (tertiary/aromatic N) is 4. The molecule has 9 nitrogen and oxygen atoms in total. The predicted molar refractivity (Wildman–Crippen MR) is 178 cm³/mol. The highest BCUT2D eigenvalue weighted by Crippen LogP contribution is 2.30. The van der Waals surface area contributed by atoms with E-state index in [0.29, 0.717) is 68.9 Å². The number of hydrogen-bond acceptors (Lipinski definition) is 8. The van der Waals surface area contributed by atoms with E-state index in [1.807, 2.05) is 30.5 Å². The molecule has 12 heteroatoms. The Morgan fingerprint density at radius 2 is 1.67 bits per heavy atom. The van der Waals surface area contributed by atoms with Gasteiger partial charge in [-0.05, 0) is 68.0 Å². The van der Waals surface area contributed by atoms with E-state index in [1.54, 1.807) is 40.5 Å². The molecule has 2 aliphatic heterocycles. The van der Waals surface area contributed by atoms with E-state index >= 15 is 0 Å². The maximum atomic E-state index is 14.1. The van der Waals surface area contributed by atoms with Crippen LogP contribution in [-0.2, 0) is 21.4 Å². The molecule has 6 rings (SSSR count). The van der Waals surface area contributed by atoms with Crippen LogP contribution in [0.2, 0.25) is 5.02 Å². The molecular weight excluding hydrogens is 630 g/mol. The quantitative estimate of drug-likeness (QED) is 0.331. The number of carbonyl (C=O) groups excluding carboxylic acids is 1. The maximum absolute atomic E-state index is 14.1. The van der Waals surface area contributed by atoms with Gasteiger partial charge in [-0.1, -0.05) is 43.0 Å². The molecule has 2 aromatic carbocycles. The molecule has 1 amide bonds. The Balaban J connectivity index is 1.17. The summed E-state index contributed by atoms with van der Waals surface area (Å²) in [6.07, 6.45) is 9.44. The molecule has 1 aromatic heterocycles. The molecule has 2 N–H and O–H groups in total. The molecule has 3 heterocycles. The summed E-state index contributed by atoms with van der Waals surface area (Å²) >= 11 is 7.64. The Hall–Kier alpha value is -2.54. The molecule has 3 aliphatic rings. The number of hydrogen-bond donors (Lipinski definition) is 1. The lowest BCUT2D eigenvalue weighted by Gasteiger charge is -2.42. The minimum Gasteiger partial charge on any atom is -0.493 e. The van der Waals surface area contributed by atoms with Crippen LogP contribution < -0.4 is 10.5 Å². The molecule has 1 aliphatic carbocycles. The molecule has 0 radical (unpaired) electrons. The summed E-state index contributed by atoms with van der Waals surface area (Å²) in [6.45, 7) is 3.34. The summed E-state index contributed by atoms with van der Waals surface area (Å²) in [5.41, 5.74) is 7.10. The topological polar surface area (TPSA) is 109 Å². The number of ether oxygens (including phenoxy) is 1. The lowest BCUT2D eigenvalue weighted by Crippen LogP contribution is -2.61. The summed E-state index contributed by atoms with van der Waals surface area (Å²) in [6, 6.07) is 13.5. The van der Waals surface area contributed by atoms with Crippen molar-refractivity contribution in [3.63, 3.8) is 0 Å². The molecular formula is C33H42ClN5O4S2. The van der Waals surface area contributed by atoms with Gasteiger partial charge in [0.05, 0.1) is 11.5 Å². The van der Waals surface area contributed by atoms with Crippen molar-refractivity contribution >= 4 is 38.9 Å². The first-order valence-electron chi connectivity index (χ1n) is 16.0. The summed E-state index contributed by atoms with van der Waals surface area (Å²) in [5.74, 6) is 1.07. The van der Waals surface area contributed by atoms with Crippen molar-refractivity contribution in [3.05, 3.63) is 64.6 Å². The third kappa shape index (κ3) is 7.89. The predicted octanol–water partition coefficient (Wildman–Crippen LogP) is 5.25. The van der Waals surface area contributed by atoms with Gasteiger partial charge in [0, 0.05) is 67.0 Å². The fraction of sp³-hybridized carbons (Fsp3) is 0.515. The van der Waals surface area contributed by atoms with E-state index in [2.05, 4.69) is 9.88 Å². The van der Waals surface area contributed by atoms with Crippen LogP contribution in [0.5, 0.6) is 5.75 Å². The van der Waals surface area contributed by atoms with Gasteiger partial charge in [-0.2, -0.15) is 4.31 Å². The number of thiazole rings is 1. The van der Waals surface area contributed by atoms with E-state index in [9.17, 15) is 13.2 Å². The Labute approximate surface area is 275 Å².